The van der Waals surface area contributed by atoms with Crippen molar-refractivity contribution in [2.45, 2.75) is 6.54 Å². The fourth-order valence-corrected chi connectivity index (χ4v) is 4.18. The molecule has 0 N–H and O–H groups in total. The summed E-state index contributed by atoms with van der Waals surface area (Å²) >= 11 is 12.8. The highest BCUT2D eigenvalue weighted by molar-refractivity contribution is 8.18. The van der Waals surface area contributed by atoms with Gasteiger partial charge in [0, 0.05) is 22.2 Å². The first-order chi connectivity index (χ1) is 14.8. The van der Waals surface area contributed by atoms with Gasteiger partial charge < -0.3 is 4.42 Å². The van der Waals surface area contributed by atoms with Gasteiger partial charge in [0.25, 0.3) is 16.8 Å². The monoisotopic (exact) mass is 474 g/mol. The van der Waals surface area contributed by atoms with E-state index in [1.165, 1.54) is 24.3 Å². The molecule has 2 aromatic carbocycles. The third-order valence-corrected chi connectivity index (χ3v) is 5.99. The van der Waals surface area contributed by atoms with Gasteiger partial charge in [-0.2, -0.15) is 0 Å². The molecule has 1 saturated heterocycles. The van der Waals surface area contributed by atoms with Gasteiger partial charge in [0.1, 0.15) is 11.5 Å². The van der Waals surface area contributed by atoms with Crippen molar-refractivity contribution in [2.24, 2.45) is 0 Å². The van der Waals surface area contributed by atoms with Crippen LogP contribution >= 0.6 is 35.0 Å². The molecule has 7 nitrogen and oxygen atoms in total. The quantitative estimate of drug-likeness (QED) is 0.241. The molecule has 0 saturated carbocycles. The minimum atomic E-state index is -0.552. The molecule has 4 rings (SSSR count). The number of nitro benzene ring substituents is 1. The molecule has 0 unspecified atom stereocenters. The van der Waals surface area contributed by atoms with Crippen LogP contribution in [0, 0.1) is 10.1 Å². The van der Waals surface area contributed by atoms with Gasteiger partial charge in [-0.05, 0) is 47.7 Å². The number of nitro groups is 1. The molecule has 1 fully saturated rings. The van der Waals surface area contributed by atoms with Gasteiger partial charge in [-0.3, -0.25) is 24.6 Å². The summed E-state index contributed by atoms with van der Waals surface area (Å²) in [6, 6.07) is 14.3. The van der Waals surface area contributed by atoms with Gasteiger partial charge in [-0.25, -0.2) is 0 Å². The van der Waals surface area contributed by atoms with Crippen LogP contribution in [0.5, 0.6) is 0 Å². The van der Waals surface area contributed by atoms with Crippen LogP contribution in [0.1, 0.15) is 11.3 Å². The summed E-state index contributed by atoms with van der Waals surface area (Å²) in [4.78, 5) is 37.1. The standard InChI is InChI=1S/C21H12Cl2N2O5S/c22-13-5-7-15(17(9-13)25(28)29)18-8-6-14(30-18)10-19-20(26)24(21(27)31-19)11-12-3-1-2-4-16(12)23/h1-10H,11H2/b19-10-. The molecule has 0 aliphatic carbocycles. The van der Waals surface area contributed by atoms with Crippen LogP contribution in [0.15, 0.2) is 63.9 Å². The van der Waals surface area contributed by atoms with Crippen molar-refractivity contribution in [3.05, 3.63) is 91.0 Å². The molecule has 1 aliphatic rings. The van der Waals surface area contributed by atoms with Crippen molar-refractivity contribution in [3.8, 4) is 11.3 Å². The predicted molar refractivity (Wildman–Crippen MR) is 119 cm³/mol. The van der Waals surface area contributed by atoms with Crippen molar-refractivity contribution in [1.29, 1.82) is 0 Å². The molecule has 0 atom stereocenters. The van der Waals surface area contributed by atoms with Crippen LogP contribution in [0.25, 0.3) is 17.4 Å². The lowest BCUT2D eigenvalue weighted by atomic mass is 10.1. The van der Waals surface area contributed by atoms with E-state index in [1.54, 1.807) is 36.4 Å². The van der Waals surface area contributed by atoms with Crippen LogP contribution in [0.4, 0.5) is 10.5 Å². The van der Waals surface area contributed by atoms with Crippen LogP contribution in [-0.4, -0.2) is 21.0 Å². The lowest BCUT2D eigenvalue weighted by molar-refractivity contribution is -0.384. The maximum Gasteiger partial charge on any atom is 0.293 e. The van der Waals surface area contributed by atoms with Crippen LogP contribution in [-0.2, 0) is 11.3 Å². The average Bonchev–Trinajstić information content (AvgIpc) is 3.29. The number of amides is 2. The van der Waals surface area contributed by atoms with E-state index in [2.05, 4.69) is 0 Å². The minimum Gasteiger partial charge on any atom is -0.456 e. The number of rotatable bonds is 5. The van der Waals surface area contributed by atoms with Crippen molar-refractivity contribution >= 4 is 57.9 Å². The molecule has 2 heterocycles. The Hall–Kier alpha value is -3.07. The highest BCUT2D eigenvalue weighted by Gasteiger charge is 2.35. The summed E-state index contributed by atoms with van der Waals surface area (Å²) in [5.41, 5.74) is 0.706. The zero-order valence-electron chi connectivity index (χ0n) is 15.6. The number of imide groups is 1. The number of carbonyl (C=O) groups excluding carboxylic acids is 2. The second kappa shape index (κ2) is 8.58. The summed E-state index contributed by atoms with van der Waals surface area (Å²) in [6.45, 7) is 0.0576. The maximum absolute atomic E-state index is 12.7. The molecule has 31 heavy (non-hydrogen) atoms. The normalized spacial score (nSPS) is 15.2. The molecular formula is C21H12Cl2N2O5S. The number of nitrogens with zero attached hydrogens (tertiary/aromatic N) is 2. The van der Waals surface area contributed by atoms with Crippen molar-refractivity contribution in [2.75, 3.05) is 0 Å². The fraction of sp³-hybridized carbons (Fsp3) is 0.0476. The van der Waals surface area contributed by atoms with E-state index < -0.39 is 16.1 Å². The number of benzene rings is 2. The van der Waals surface area contributed by atoms with E-state index in [4.69, 9.17) is 27.6 Å². The first-order valence-electron chi connectivity index (χ1n) is 8.86. The number of hydrogen-bond donors (Lipinski definition) is 0. The van der Waals surface area contributed by atoms with Crippen LogP contribution in [0.3, 0.4) is 0 Å². The zero-order chi connectivity index (χ0) is 22.1. The van der Waals surface area contributed by atoms with Gasteiger partial charge in [0.05, 0.1) is 21.9 Å². The van der Waals surface area contributed by atoms with Gasteiger partial charge in [-0.1, -0.05) is 41.4 Å². The molecule has 0 spiro atoms. The van der Waals surface area contributed by atoms with E-state index in [0.29, 0.717) is 10.6 Å². The topological polar surface area (TPSA) is 93.7 Å². The Kier molecular flexibility index (Phi) is 5.86. The molecule has 3 aromatic rings. The summed E-state index contributed by atoms with van der Waals surface area (Å²) < 4.78 is 5.68. The maximum atomic E-state index is 12.7. The largest absolute Gasteiger partial charge is 0.456 e. The summed E-state index contributed by atoms with van der Waals surface area (Å²) in [5.74, 6) is 0.0535. The molecule has 0 bridgehead atoms. The highest BCUT2D eigenvalue weighted by Crippen LogP contribution is 2.37. The van der Waals surface area contributed by atoms with E-state index in [-0.39, 0.29) is 39.2 Å². The number of thioether (sulfide) groups is 1. The molecule has 2 amide bonds. The third-order valence-electron chi connectivity index (χ3n) is 4.48. The molecular weight excluding hydrogens is 463 g/mol. The molecule has 1 aromatic heterocycles. The highest BCUT2D eigenvalue weighted by atomic mass is 35.5. The number of carbonyl (C=O) groups is 2. The lowest BCUT2D eigenvalue weighted by Crippen LogP contribution is -2.27. The van der Waals surface area contributed by atoms with Gasteiger partial charge in [-0.15, -0.1) is 0 Å². The summed E-state index contributed by atoms with van der Waals surface area (Å²) in [5, 5.41) is 11.6. The lowest BCUT2D eigenvalue weighted by Gasteiger charge is -2.13. The van der Waals surface area contributed by atoms with Crippen molar-refractivity contribution < 1.29 is 18.9 Å². The summed E-state index contributed by atoms with van der Waals surface area (Å²) in [7, 11) is 0. The number of hydrogen-bond acceptors (Lipinski definition) is 6. The average molecular weight is 475 g/mol. The second-order valence-corrected chi connectivity index (χ2v) is 8.32. The molecule has 10 heteroatoms. The van der Waals surface area contributed by atoms with E-state index in [1.807, 2.05) is 0 Å². The number of furan rings is 1. The van der Waals surface area contributed by atoms with E-state index >= 15 is 0 Å². The Morgan fingerprint density at radius 3 is 2.61 bits per heavy atom. The molecule has 0 radical (unpaired) electrons. The second-order valence-electron chi connectivity index (χ2n) is 6.48. The molecule has 1 aliphatic heterocycles. The van der Waals surface area contributed by atoms with E-state index in [9.17, 15) is 19.7 Å². The first kappa shape index (κ1) is 21.2. The third kappa shape index (κ3) is 4.36. The Morgan fingerprint density at radius 1 is 1.10 bits per heavy atom. The Bertz CT molecular complexity index is 1250. The summed E-state index contributed by atoms with van der Waals surface area (Å²) in [6.07, 6.45) is 1.43. The van der Waals surface area contributed by atoms with E-state index in [0.717, 1.165) is 16.7 Å². The predicted octanol–water partition coefficient (Wildman–Crippen LogP) is 6.40. The van der Waals surface area contributed by atoms with Crippen LogP contribution in [0.2, 0.25) is 10.0 Å². The first-order valence-corrected chi connectivity index (χ1v) is 10.4. The number of halogens is 2. The smallest absolute Gasteiger partial charge is 0.293 e. The fourth-order valence-electron chi connectivity index (χ4n) is 3.00. The van der Waals surface area contributed by atoms with Crippen LogP contribution < -0.4 is 0 Å². The SMILES string of the molecule is O=C1S/C(=C\c2ccc(-c3ccc(Cl)cc3[N+](=O)[O-])o2)C(=O)N1Cc1ccccc1Cl. The van der Waals surface area contributed by atoms with Crippen molar-refractivity contribution in [3.63, 3.8) is 0 Å². The van der Waals surface area contributed by atoms with Gasteiger partial charge >= 0.3 is 0 Å². The van der Waals surface area contributed by atoms with Gasteiger partial charge in [0.2, 0.25) is 0 Å². The Labute approximate surface area is 190 Å². The van der Waals surface area contributed by atoms with Gasteiger partial charge in [0.15, 0.2) is 0 Å². The Balaban J connectivity index is 1.59. The zero-order valence-corrected chi connectivity index (χ0v) is 17.9. The molecule has 156 valence electrons. The Morgan fingerprint density at radius 2 is 1.87 bits per heavy atom. The minimum absolute atomic E-state index is 0.0576. The van der Waals surface area contributed by atoms with Crippen molar-refractivity contribution in [1.82, 2.24) is 4.90 Å².